The third-order valence-corrected chi connectivity index (χ3v) is 4.53. The lowest BCUT2D eigenvalue weighted by Gasteiger charge is -2.24. The maximum atomic E-state index is 11.1. The summed E-state index contributed by atoms with van der Waals surface area (Å²) >= 11 is 0. The maximum Gasteiger partial charge on any atom is 0.150 e. The fraction of sp³-hybridized carbons (Fsp3) is 0.333. The molecule has 2 aromatic carbocycles. The van der Waals surface area contributed by atoms with E-state index < -0.39 is 5.41 Å². The van der Waals surface area contributed by atoms with Crippen molar-refractivity contribution in [3.05, 3.63) is 59.2 Å². The van der Waals surface area contributed by atoms with E-state index >= 15 is 0 Å². The molecule has 0 bridgehead atoms. The first kappa shape index (κ1) is 21.7. The second-order valence-electron chi connectivity index (χ2n) is 6.23. The number of aldehydes is 2. The zero-order chi connectivity index (χ0) is 19.6. The molecule has 3 N–H and O–H groups in total. The number of carbonyl (C=O) groups is 2. The molecule has 0 aliphatic rings. The molecule has 5 nitrogen and oxygen atoms in total. The number of hydrogen-bond acceptors (Lipinski definition) is 5. The zero-order valence-corrected chi connectivity index (χ0v) is 15.2. The number of aliphatic hydroxyl groups is 3. The van der Waals surface area contributed by atoms with Crippen LogP contribution in [0.1, 0.15) is 39.6 Å². The Balaban J connectivity index is 0.000000321. The van der Waals surface area contributed by atoms with E-state index in [9.17, 15) is 9.59 Å². The van der Waals surface area contributed by atoms with E-state index in [1.165, 1.54) is 0 Å². The van der Waals surface area contributed by atoms with Crippen molar-refractivity contribution < 1.29 is 24.9 Å². The lowest BCUT2D eigenvalue weighted by molar-refractivity contribution is 0.00304. The van der Waals surface area contributed by atoms with Crippen LogP contribution >= 0.6 is 0 Å². The van der Waals surface area contributed by atoms with E-state index in [-0.39, 0.29) is 19.8 Å². The van der Waals surface area contributed by atoms with Gasteiger partial charge in [-0.2, -0.15) is 0 Å². The van der Waals surface area contributed by atoms with Gasteiger partial charge in [-0.1, -0.05) is 43.3 Å². The smallest absolute Gasteiger partial charge is 0.150 e. The van der Waals surface area contributed by atoms with Gasteiger partial charge in [0, 0.05) is 16.5 Å². The molecule has 0 amide bonds. The maximum absolute atomic E-state index is 11.1. The van der Waals surface area contributed by atoms with Crippen LogP contribution in [0.25, 0.3) is 11.1 Å². The Labute approximate surface area is 153 Å². The highest BCUT2D eigenvalue weighted by Crippen LogP contribution is 2.25. The summed E-state index contributed by atoms with van der Waals surface area (Å²) in [7, 11) is 0. The summed E-state index contributed by atoms with van der Waals surface area (Å²) in [5, 5.41) is 26.0. The zero-order valence-electron chi connectivity index (χ0n) is 15.2. The van der Waals surface area contributed by atoms with E-state index in [4.69, 9.17) is 15.3 Å². The van der Waals surface area contributed by atoms with Gasteiger partial charge in [-0.25, -0.2) is 0 Å². The first-order valence-corrected chi connectivity index (χ1v) is 8.43. The average Bonchev–Trinajstić information content (AvgIpc) is 2.71. The van der Waals surface area contributed by atoms with Gasteiger partial charge in [0.1, 0.15) is 6.29 Å². The Morgan fingerprint density at radius 1 is 0.885 bits per heavy atom. The van der Waals surface area contributed by atoms with Crippen molar-refractivity contribution in [2.45, 2.75) is 20.3 Å². The molecule has 0 atom stereocenters. The van der Waals surface area contributed by atoms with Crippen LogP contribution in [0.15, 0.2) is 42.5 Å². The molecule has 2 rings (SSSR count). The van der Waals surface area contributed by atoms with Gasteiger partial charge in [0.15, 0.2) is 6.29 Å². The Hall–Kier alpha value is -2.34. The van der Waals surface area contributed by atoms with Crippen LogP contribution in [0, 0.1) is 12.3 Å². The van der Waals surface area contributed by atoms with Gasteiger partial charge in [0.25, 0.3) is 0 Å². The van der Waals surface area contributed by atoms with Gasteiger partial charge < -0.3 is 15.3 Å². The summed E-state index contributed by atoms with van der Waals surface area (Å²) < 4.78 is 0. The molecule has 26 heavy (non-hydrogen) atoms. The topological polar surface area (TPSA) is 94.8 Å². The molecular formula is C21H26O5. The summed E-state index contributed by atoms with van der Waals surface area (Å²) in [6, 6.07) is 13.2. The molecule has 0 spiro atoms. The molecular weight excluding hydrogens is 332 g/mol. The first-order chi connectivity index (χ1) is 12.5. The summed E-state index contributed by atoms with van der Waals surface area (Å²) in [6.45, 7) is 3.22. The molecule has 0 saturated heterocycles. The first-order valence-electron chi connectivity index (χ1n) is 8.43. The molecule has 2 aromatic rings. The lowest BCUT2D eigenvalue weighted by Crippen LogP contribution is -2.32. The van der Waals surface area contributed by atoms with Gasteiger partial charge in [0.2, 0.25) is 0 Å². The van der Waals surface area contributed by atoms with Crippen LogP contribution in [-0.2, 0) is 0 Å². The fourth-order valence-electron chi connectivity index (χ4n) is 2.32. The minimum atomic E-state index is -0.667. The minimum Gasteiger partial charge on any atom is -0.396 e. The van der Waals surface area contributed by atoms with Crippen LogP contribution in [0.5, 0.6) is 0 Å². The number of carbonyl (C=O) groups excluding carboxylic acids is 2. The SMILES string of the molecule is CCC(CO)(CO)CO.Cc1cc(-c2ccccc2)c(C=O)cc1C=O. The van der Waals surface area contributed by atoms with Crippen LogP contribution < -0.4 is 0 Å². The van der Waals surface area contributed by atoms with E-state index in [0.717, 1.165) is 29.3 Å². The van der Waals surface area contributed by atoms with E-state index in [0.29, 0.717) is 17.5 Å². The Kier molecular flexibility index (Phi) is 8.85. The average molecular weight is 358 g/mol. The Morgan fingerprint density at radius 3 is 1.81 bits per heavy atom. The second-order valence-corrected chi connectivity index (χ2v) is 6.23. The van der Waals surface area contributed by atoms with Gasteiger partial charge in [0.05, 0.1) is 19.8 Å². The molecule has 0 unspecified atom stereocenters. The van der Waals surface area contributed by atoms with Crippen molar-refractivity contribution in [3.63, 3.8) is 0 Å². The standard InChI is InChI=1S/C15H12O2.C6H14O3/c1-11-7-15(12-5-3-2-4-6-12)14(10-17)8-13(11)9-16;1-2-6(3-7,4-8)5-9/h2-10H,1H3;7-9H,2-5H2,1H3. The second kappa shape index (κ2) is 10.6. The minimum absolute atomic E-state index is 0.156. The van der Waals surface area contributed by atoms with E-state index in [1.54, 1.807) is 6.07 Å². The van der Waals surface area contributed by atoms with Gasteiger partial charge in [-0.05, 0) is 36.1 Å². The monoisotopic (exact) mass is 358 g/mol. The van der Waals surface area contributed by atoms with Crippen molar-refractivity contribution in [2.75, 3.05) is 19.8 Å². The van der Waals surface area contributed by atoms with Gasteiger partial charge in [-0.3, -0.25) is 9.59 Å². The summed E-state index contributed by atoms with van der Waals surface area (Å²) in [5.74, 6) is 0. The molecule has 0 saturated carbocycles. The number of hydrogen-bond donors (Lipinski definition) is 3. The summed E-state index contributed by atoms with van der Waals surface area (Å²) in [6.07, 6.45) is 2.16. The van der Waals surface area contributed by atoms with E-state index in [1.807, 2.05) is 50.2 Å². The van der Waals surface area contributed by atoms with Crippen LogP contribution in [0.4, 0.5) is 0 Å². The van der Waals surface area contributed by atoms with E-state index in [2.05, 4.69) is 0 Å². The number of aryl methyl sites for hydroxylation is 1. The highest BCUT2D eigenvalue weighted by atomic mass is 16.3. The third-order valence-electron chi connectivity index (χ3n) is 4.53. The molecule has 0 aliphatic heterocycles. The lowest BCUT2D eigenvalue weighted by atomic mass is 9.88. The number of benzene rings is 2. The fourth-order valence-corrected chi connectivity index (χ4v) is 2.32. The third kappa shape index (κ3) is 5.33. The predicted molar refractivity (Wildman–Crippen MR) is 101 cm³/mol. The van der Waals surface area contributed by atoms with Crippen LogP contribution in [-0.4, -0.2) is 47.7 Å². The number of rotatable bonds is 7. The van der Waals surface area contributed by atoms with Crippen molar-refractivity contribution >= 4 is 12.6 Å². The Bertz CT molecular complexity index is 688. The largest absolute Gasteiger partial charge is 0.396 e. The van der Waals surface area contributed by atoms with Crippen molar-refractivity contribution in [1.82, 2.24) is 0 Å². The van der Waals surface area contributed by atoms with Crippen LogP contribution in [0.2, 0.25) is 0 Å². The van der Waals surface area contributed by atoms with Crippen molar-refractivity contribution in [3.8, 4) is 11.1 Å². The molecule has 0 radical (unpaired) electrons. The van der Waals surface area contributed by atoms with Crippen molar-refractivity contribution in [1.29, 1.82) is 0 Å². The summed E-state index contributed by atoms with van der Waals surface area (Å²) in [4.78, 5) is 21.9. The molecule has 0 aliphatic carbocycles. The predicted octanol–water partition coefficient (Wildman–Crippen LogP) is 2.65. The molecule has 0 fully saturated rings. The number of aliphatic hydroxyl groups excluding tert-OH is 3. The molecule has 0 aromatic heterocycles. The van der Waals surface area contributed by atoms with Gasteiger partial charge in [-0.15, -0.1) is 0 Å². The van der Waals surface area contributed by atoms with Gasteiger partial charge >= 0.3 is 0 Å². The summed E-state index contributed by atoms with van der Waals surface area (Å²) in [5.41, 5.74) is 3.17. The van der Waals surface area contributed by atoms with Crippen LogP contribution in [0.3, 0.4) is 0 Å². The molecule has 140 valence electrons. The quantitative estimate of drug-likeness (QED) is 0.662. The normalized spacial score (nSPS) is 10.7. The highest BCUT2D eigenvalue weighted by molar-refractivity contribution is 5.92. The van der Waals surface area contributed by atoms with Crippen molar-refractivity contribution in [2.24, 2.45) is 5.41 Å². The Morgan fingerprint density at radius 2 is 1.42 bits per heavy atom. The highest BCUT2D eigenvalue weighted by Gasteiger charge is 2.24. The molecule has 5 heteroatoms. The molecule has 0 heterocycles.